The summed E-state index contributed by atoms with van der Waals surface area (Å²) < 4.78 is 11.4. The zero-order valence-corrected chi connectivity index (χ0v) is 15.3. The summed E-state index contributed by atoms with van der Waals surface area (Å²) in [5, 5.41) is 24.5. The minimum absolute atomic E-state index is 0.0510. The van der Waals surface area contributed by atoms with E-state index < -0.39 is 22.8 Å². The van der Waals surface area contributed by atoms with Gasteiger partial charge in [0.05, 0.1) is 18.2 Å². The van der Waals surface area contributed by atoms with E-state index in [1.807, 2.05) is 30.3 Å². The largest absolute Gasteiger partial charge is 0.386 e. The van der Waals surface area contributed by atoms with Gasteiger partial charge in [0.1, 0.15) is 5.84 Å². The number of nitriles is 2. The summed E-state index contributed by atoms with van der Waals surface area (Å²) in [5.41, 5.74) is 6.08. The summed E-state index contributed by atoms with van der Waals surface area (Å²) in [4.78, 5) is 4.45. The van der Waals surface area contributed by atoms with E-state index in [2.05, 4.69) is 22.4 Å². The predicted molar refractivity (Wildman–Crippen MR) is 97.7 cm³/mol. The molecule has 4 rings (SSSR count). The lowest BCUT2D eigenvalue weighted by Gasteiger charge is -2.51. The van der Waals surface area contributed by atoms with Crippen LogP contribution in [0, 0.1) is 33.5 Å². The van der Waals surface area contributed by atoms with Gasteiger partial charge in [-0.3, -0.25) is 0 Å². The van der Waals surface area contributed by atoms with E-state index in [0.29, 0.717) is 6.42 Å². The lowest BCUT2D eigenvalue weighted by Crippen LogP contribution is -2.63. The second-order valence-electron chi connectivity index (χ2n) is 7.07. The minimum atomic E-state index is -1.67. The third-order valence-electron chi connectivity index (χ3n) is 6.19. The lowest BCUT2D eigenvalue weighted by molar-refractivity contribution is -0.253. The second-order valence-corrected chi connectivity index (χ2v) is 7.07. The summed E-state index contributed by atoms with van der Waals surface area (Å²) in [5.74, 6) is -1.61. The van der Waals surface area contributed by atoms with Crippen LogP contribution in [0.25, 0.3) is 0 Å². The van der Waals surface area contributed by atoms with Crippen molar-refractivity contribution in [2.75, 3.05) is 14.2 Å². The molecule has 0 amide bonds. The number of hydrogen-bond donors (Lipinski definition) is 2. The van der Waals surface area contributed by atoms with E-state index in [9.17, 15) is 10.5 Å². The molecule has 0 saturated heterocycles. The molecule has 0 unspecified atom stereocenters. The molecule has 2 heterocycles. The first-order valence-corrected chi connectivity index (χ1v) is 8.89. The molecule has 1 aliphatic carbocycles. The SMILES string of the molecule is COC1(OC)N=C(N)[C@@]2(C#N)[C@@H](c3ccccc3)NC3=C(CCC3)[C@]12C#N. The van der Waals surface area contributed by atoms with Crippen LogP contribution < -0.4 is 11.1 Å². The smallest absolute Gasteiger partial charge is 0.296 e. The maximum absolute atomic E-state index is 10.5. The van der Waals surface area contributed by atoms with Gasteiger partial charge in [-0.25, -0.2) is 4.99 Å². The van der Waals surface area contributed by atoms with Crippen molar-refractivity contribution in [3.05, 3.63) is 47.2 Å². The number of allylic oxidation sites excluding steroid dienone is 1. The fourth-order valence-electron chi connectivity index (χ4n) is 5.06. The fraction of sp³-hybridized carbons (Fsp3) is 0.450. The van der Waals surface area contributed by atoms with Crippen molar-refractivity contribution in [2.45, 2.75) is 31.2 Å². The molecule has 0 spiro atoms. The zero-order valence-electron chi connectivity index (χ0n) is 15.3. The Morgan fingerprint density at radius 2 is 1.85 bits per heavy atom. The number of nitrogens with two attached hydrogens (primary N) is 1. The molecule has 0 aromatic heterocycles. The standard InChI is InChI=1S/C20H21N5O2/c1-26-20(27-2)19(12-22)14-9-6-10-15(14)24-16(13-7-4-3-5-8-13)18(19,11-21)17(23)25-20/h3-5,7-8,16,24H,6,9-10H2,1-2H3,(H2,23,25)/t16-,18-,19+/m1/s1. The van der Waals surface area contributed by atoms with Crippen LogP contribution in [-0.2, 0) is 9.47 Å². The van der Waals surface area contributed by atoms with Crippen LogP contribution >= 0.6 is 0 Å². The average molecular weight is 363 g/mol. The number of benzene rings is 1. The van der Waals surface area contributed by atoms with Crippen LogP contribution in [0.1, 0.15) is 30.9 Å². The van der Waals surface area contributed by atoms with Gasteiger partial charge in [-0.1, -0.05) is 30.3 Å². The normalized spacial score (nSPS) is 33.3. The van der Waals surface area contributed by atoms with Crippen LogP contribution in [0.3, 0.4) is 0 Å². The first-order chi connectivity index (χ1) is 13.1. The van der Waals surface area contributed by atoms with Crippen molar-refractivity contribution < 1.29 is 9.47 Å². The third kappa shape index (κ3) is 1.78. The van der Waals surface area contributed by atoms with Crippen LogP contribution in [0.5, 0.6) is 0 Å². The molecule has 7 nitrogen and oxygen atoms in total. The van der Waals surface area contributed by atoms with Gasteiger partial charge >= 0.3 is 0 Å². The van der Waals surface area contributed by atoms with Crippen molar-refractivity contribution in [2.24, 2.45) is 21.6 Å². The summed E-state index contributed by atoms with van der Waals surface area (Å²) in [6, 6.07) is 13.8. The third-order valence-corrected chi connectivity index (χ3v) is 6.19. The Morgan fingerprint density at radius 3 is 2.44 bits per heavy atom. The molecule has 0 radical (unpaired) electrons. The van der Waals surface area contributed by atoms with Gasteiger partial charge in [0.25, 0.3) is 5.91 Å². The van der Waals surface area contributed by atoms with Gasteiger partial charge in [-0.15, -0.1) is 0 Å². The predicted octanol–water partition coefficient (Wildman–Crippen LogP) is 2.11. The van der Waals surface area contributed by atoms with Crippen molar-refractivity contribution in [1.29, 1.82) is 10.5 Å². The number of aliphatic imine (C=N–C) groups is 1. The summed E-state index contributed by atoms with van der Waals surface area (Å²) >= 11 is 0. The maximum Gasteiger partial charge on any atom is 0.296 e. The second kappa shape index (κ2) is 5.82. The number of nitrogens with zero attached hydrogens (tertiary/aromatic N) is 3. The number of hydrogen-bond acceptors (Lipinski definition) is 7. The van der Waals surface area contributed by atoms with E-state index in [0.717, 1.165) is 29.7 Å². The molecule has 1 aromatic carbocycles. The van der Waals surface area contributed by atoms with Crippen molar-refractivity contribution in [1.82, 2.24) is 5.32 Å². The molecule has 0 saturated carbocycles. The molecule has 0 fully saturated rings. The van der Waals surface area contributed by atoms with E-state index in [4.69, 9.17) is 15.2 Å². The quantitative estimate of drug-likeness (QED) is 0.795. The molecule has 7 heteroatoms. The fourth-order valence-corrected chi connectivity index (χ4v) is 5.06. The van der Waals surface area contributed by atoms with Gasteiger partial charge in [0.15, 0.2) is 10.8 Å². The van der Waals surface area contributed by atoms with E-state index in [1.165, 1.54) is 14.2 Å². The van der Waals surface area contributed by atoms with E-state index in [-0.39, 0.29) is 5.84 Å². The van der Waals surface area contributed by atoms with Gasteiger partial charge in [-0.05, 0) is 30.4 Å². The summed E-state index contributed by atoms with van der Waals surface area (Å²) in [7, 11) is 2.86. The van der Waals surface area contributed by atoms with Crippen LogP contribution in [0.2, 0.25) is 0 Å². The Kier molecular flexibility index (Phi) is 3.78. The molecule has 2 aliphatic heterocycles. The average Bonchev–Trinajstić information content (AvgIpc) is 3.27. The Bertz CT molecular complexity index is 922. The molecular formula is C20H21N5O2. The van der Waals surface area contributed by atoms with E-state index in [1.54, 1.807) is 0 Å². The van der Waals surface area contributed by atoms with Crippen LogP contribution in [0.4, 0.5) is 0 Å². The molecule has 3 aliphatic rings. The molecule has 1 aromatic rings. The number of nitrogens with one attached hydrogen (secondary N) is 1. The summed E-state index contributed by atoms with van der Waals surface area (Å²) in [6.45, 7) is 0. The zero-order chi connectivity index (χ0) is 19.3. The highest BCUT2D eigenvalue weighted by atomic mass is 16.7. The molecule has 138 valence electrons. The monoisotopic (exact) mass is 363 g/mol. The van der Waals surface area contributed by atoms with Gasteiger partial charge in [0, 0.05) is 19.9 Å². The Morgan fingerprint density at radius 1 is 1.15 bits per heavy atom. The van der Waals surface area contributed by atoms with Crippen molar-refractivity contribution in [3.63, 3.8) is 0 Å². The first kappa shape index (κ1) is 17.5. The topological polar surface area (TPSA) is 116 Å². The molecule has 27 heavy (non-hydrogen) atoms. The number of methoxy groups -OCH3 is 2. The van der Waals surface area contributed by atoms with Gasteiger partial charge < -0.3 is 20.5 Å². The number of fused-ring (bicyclic) bond motifs is 2. The van der Waals surface area contributed by atoms with Crippen molar-refractivity contribution in [3.8, 4) is 12.1 Å². The molecule has 0 bridgehead atoms. The Hall–Kier alpha value is -2.87. The summed E-state index contributed by atoms with van der Waals surface area (Å²) in [6.07, 6.45) is 2.35. The Labute approximate surface area is 158 Å². The maximum atomic E-state index is 10.5. The highest BCUT2D eigenvalue weighted by molar-refractivity contribution is 5.96. The number of ether oxygens (including phenoxy) is 2. The van der Waals surface area contributed by atoms with Gasteiger partial charge in [0.2, 0.25) is 0 Å². The van der Waals surface area contributed by atoms with Crippen molar-refractivity contribution >= 4 is 5.84 Å². The van der Waals surface area contributed by atoms with E-state index >= 15 is 0 Å². The molecular weight excluding hydrogens is 342 g/mol. The van der Waals surface area contributed by atoms with Crippen LogP contribution in [0.15, 0.2) is 46.6 Å². The highest BCUT2D eigenvalue weighted by Crippen LogP contribution is 2.67. The highest BCUT2D eigenvalue weighted by Gasteiger charge is 2.79. The van der Waals surface area contributed by atoms with Gasteiger partial charge in [-0.2, -0.15) is 10.5 Å². The molecule has 3 atom stereocenters. The first-order valence-electron chi connectivity index (χ1n) is 8.89. The lowest BCUT2D eigenvalue weighted by atomic mass is 9.53. The van der Waals surface area contributed by atoms with Crippen LogP contribution in [-0.4, -0.2) is 26.0 Å². The Balaban J connectivity index is 2.10. The molecule has 3 N–H and O–H groups in total. The number of amidine groups is 1. The minimum Gasteiger partial charge on any atom is -0.386 e. The number of rotatable bonds is 3.